The summed E-state index contributed by atoms with van der Waals surface area (Å²) in [6.07, 6.45) is 12.9. The van der Waals surface area contributed by atoms with E-state index in [9.17, 15) is 9.59 Å². The summed E-state index contributed by atoms with van der Waals surface area (Å²) in [5, 5.41) is 0. The summed E-state index contributed by atoms with van der Waals surface area (Å²) in [6.45, 7) is 4.34. The van der Waals surface area contributed by atoms with E-state index in [1.54, 1.807) is 0 Å². The number of hydrogen-bond donors (Lipinski definition) is 0. The third-order valence-electron chi connectivity index (χ3n) is 3.64. The van der Waals surface area contributed by atoms with Crippen LogP contribution in [-0.2, 0) is 9.59 Å². The summed E-state index contributed by atoms with van der Waals surface area (Å²) in [7, 11) is 0. The number of allylic oxidation sites excluding steroid dienone is 4. The summed E-state index contributed by atoms with van der Waals surface area (Å²) >= 11 is 0. The highest BCUT2D eigenvalue weighted by Gasteiger charge is 2.30. The van der Waals surface area contributed by atoms with E-state index < -0.39 is 0 Å². The van der Waals surface area contributed by atoms with Gasteiger partial charge in [0.25, 0.3) is 0 Å². The molecule has 0 aromatic carbocycles. The van der Waals surface area contributed by atoms with Crippen LogP contribution in [0.5, 0.6) is 0 Å². The molecule has 0 amide bonds. The number of carbonyl (C=O) groups is 2. The van der Waals surface area contributed by atoms with Crippen LogP contribution in [0.4, 0.5) is 0 Å². The Hall–Kier alpha value is -1.62. The van der Waals surface area contributed by atoms with Gasteiger partial charge < -0.3 is 9.59 Å². The molecule has 0 bridgehead atoms. The van der Waals surface area contributed by atoms with Crippen LogP contribution in [0.25, 0.3) is 0 Å². The van der Waals surface area contributed by atoms with Crippen LogP contribution in [0.1, 0.15) is 52.4 Å². The van der Waals surface area contributed by atoms with Crippen molar-refractivity contribution in [3.05, 3.63) is 23.8 Å². The van der Waals surface area contributed by atoms with Gasteiger partial charge in [0.15, 0.2) is 0 Å². The molecule has 0 fully saturated rings. The molecule has 0 aromatic heterocycles. The van der Waals surface area contributed by atoms with Gasteiger partial charge in [-0.15, -0.1) is 5.92 Å². The van der Waals surface area contributed by atoms with Crippen molar-refractivity contribution in [2.24, 2.45) is 11.3 Å². The molecule has 2 heteroatoms. The van der Waals surface area contributed by atoms with Gasteiger partial charge in [-0.2, -0.15) is 0 Å². The van der Waals surface area contributed by atoms with Crippen molar-refractivity contribution in [3.8, 4) is 11.8 Å². The van der Waals surface area contributed by atoms with E-state index in [1.165, 1.54) is 5.57 Å². The maximum atomic E-state index is 11.4. The second-order valence-corrected chi connectivity index (χ2v) is 5.82. The van der Waals surface area contributed by atoms with Crippen molar-refractivity contribution >= 4 is 12.6 Å². The second kappa shape index (κ2) is 8.53. The molecule has 1 aliphatic carbocycles. The van der Waals surface area contributed by atoms with Gasteiger partial charge in [-0.05, 0) is 31.6 Å². The van der Waals surface area contributed by atoms with Crippen molar-refractivity contribution in [2.45, 2.75) is 52.4 Å². The summed E-state index contributed by atoms with van der Waals surface area (Å²) in [4.78, 5) is 21.6. The minimum absolute atomic E-state index is 0.260. The molecule has 108 valence electrons. The Labute approximate surface area is 122 Å². The fourth-order valence-electron chi connectivity index (χ4n) is 2.30. The van der Waals surface area contributed by atoms with Crippen LogP contribution in [0, 0.1) is 23.2 Å². The van der Waals surface area contributed by atoms with E-state index in [0.717, 1.165) is 38.3 Å². The van der Waals surface area contributed by atoms with Crippen molar-refractivity contribution < 1.29 is 9.59 Å². The molecular weight excluding hydrogens is 248 g/mol. The van der Waals surface area contributed by atoms with Crippen molar-refractivity contribution in [2.75, 3.05) is 0 Å². The first-order valence-corrected chi connectivity index (χ1v) is 7.32. The zero-order valence-electron chi connectivity index (χ0n) is 12.5. The summed E-state index contributed by atoms with van der Waals surface area (Å²) < 4.78 is 0. The summed E-state index contributed by atoms with van der Waals surface area (Å²) in [5.74, 6) is 6.34. The van der Waals surface area contributed by atoms with E-state index in [4.69, 9.17) is 0 Å². The lowest BCUT2D eigenvalue weighted by atomic mass is 9.73. The lowest BCUT2D eigenvalue weighted by Crippen LogP contribution is -2.24. The van der Waals surface area contributed by atoms with Crippen LogP contribution < -0.4 is 0 Å². The molecule has 0 spiro atoms. The Morgan fingerprint density at radius 1 is 1.35 bits per heavy atom. The molecule has 0 heterocycles. The molecule has 0 radical (unpaired) electrons. The monoisotopic (exact) mass is 272 g/mol. The first kappa shape index (κ1) is 16.4. The molecule has 20 heavy (non-hydrogen) atoms. The van der Waals surface area contributed by atoms with Gasteiger partial charge in [-0.25, -0.2) is 0 Å². The summed E-state index contributed by atoms with van der Waals surface area (Å²) in [5.41, 5.74) is 1.08. The second-order valence-electron chi connectivity index (χ2n) is 5.82. The zero-order valence-corrected chi connectivity index (χ0v) is 12.5. The lowest BCUT2D eigenvalue weighted by molar-refractivity contribution is -0.116. The molecule has 2 nitrogen and oxygen atoms in total. The van der Waals surface area contributed by atoms with Gasteiger partial charge in [0, 0.05) is 11.8 Å². The van der Waals surface area contributed by atoms with Gasteiger partial charge >= 0.3 is 0 Å². The molecule has 0 aromatic rings. The van der Waals surface area contributed by atoms with Crippen molar-refractivity contribution in [3.63, 3.8) is 0 Å². The number of hydrogen-bond acceptors (Lipinski definition) is 2. The van der Waals surface area contributed by atoms with Gasteiger partial charge in [-0.3, -0.25) is 0 Å². The van der Waals surface area contributed by atoms with Crippen LogP contribution >= 0.6 is 0 Å². The standard InChI is InChI=1S/C18H24O2/c1-16(2)7-6-8-17-9-12-18(15-20,13-10-17)11-4-3-5-14-19/h6-7,9,14-16H,5,8,10-13H2,1-2H3. The highest BCUT2D eigenvalue weighted by Crippen LogP contribution is 2.37. The molecule has 1 atom stereocenters. The molecule has 0 saturated carbocycles. The average Bonchev–Trinajstić information content (AvgIpc) is 2.45. The van der Waals surface area contributed by atoms with Gasteiger partial charge in [-0.1, -0.05) is 43.6 Å². The topological polar surface area (TPSA) is 34.1 Å². The number of rotatable bonds is 6. The SMILES string of the molecule is CC(C)C=CCC1=CCC(C=O)(CC#CCC=O)CC1. The minimum Gasteiger partial charge on any atom is -0.303 e. The molecular formula is C18H24O2. The van der Waals surface area contributed by atoms with Crippen LogP contribution in [-0.4, -0.2) is 12.6 Å². The Morgan fingerprint density at radius 2 is 2.15 bits per heavy atom. The van der Waals surface area contributed by atoms with Crippen LogP contribution in [0.2, 0.25) is 0 Å². The molecule has 1 rings (SSSR count). The minimum atomic E-state index is -0.332. The van der Waals surface area contributed by atoms with Gasteiger partial charge in [0.1, 0.15) is 12.6 Å². The van der Waals surface area contributed by atoms with E-state index in [1.807, 2.05) is 0 Å². The highest BCUT2D eigenvalue weighted by molar-refractivity contribution is 5.61. The fraction of sp³-hybridized carbons (Fsp3) is 0.556. The van der Waals surface area contributed by atoms with E-state index in [0.29, 0.717) is 12.3 Å². The van der Waals surface area contributed by atoms with Crippen LogP contribution in [0.15, 0.2) is 23.8 Å². The predicted octanol–water partition coefficient (Wildman–Crippen LogP) is 3.87. The third-order valence-corrected chi connectivity index (χ3v) is 3.64. The Morgan fingerprint density at radius 3 is 2.70 bits per heavy atom. The fourth-order valence-corrected chi connectivity index (χ4v) is 2.30. The maximum Gasteiger partial charge on any atom is 0.131 e. The lowest BCUT2D eigenvalue weighted by Gasteiger charge is -2.29. The number of aldehydes is 2. The quantitative estimate of drug-likeness (QED) is 0.418. The first-order valence-electron chi connectivity index (χ1n) is 7.32. The first-order chi connectivity index (χ1) is 9.62. The smallest absolute Gasteiger partial charge is 0.131 e. The molecule has 1 aliphatic rings. The van der Waals surface area contributed by atoms with Crippen molar-refractivity contribution in [1.82, 2.24) is 0 Å². The van der Waals surface area contributed by atoms with Gasteiger partial charge in [0.2, 0.25) is 0 Å². The summed E-state index contributed by atoms with van der Waals surface area (Å²) in [6, 6.07) is 0. The average molecular weight is 272 g/mol. The maximum absolute atomic E-state index is 11.4. The van der Waals surface area contributed by atoms with E-state index >= 15 is 0 Å². The molecule has 0 saturated heterocycles. The molecule has 0 N–H and O–H groups in total. The third kappa shape index (κ3) is 5.57. The normalized spacial score (nSPS) is 22.2. The molecule has 0 aliphatic heterocycles. The molecule has 1 unspecified atom stereocenters. The Balaban J connectivity index is 2.55. The van der Waals surface area contributed by atoms with Gasteiger partial charge in [0.05, 0.1) is 6.42 Å². The Kier molecular flexibility index (Phi) is 7.01. The van der Waals surface area contributed by atoms with E-state index in [-0.39, 0.29) is 11.8 Å². The van der Waals surface area contributed by atoms with E-state index in [2.05, 4.69) is 43.9 Å². The van der Waals surface area contributed by atoms with Crippen LogP contribution in [0.3, 0.4) is 0 Å². The zero-order chi connectivity index (χ0) is 14.8. The predicted molar refractivity (Wildman–Crippen MR) is 82.1 cm³/mol. The Bertz CT molecular complexity index is 446. The highest BCUT2D eigenvalue weighted by atomic mass is 16.1. The largest absolute Gasteiger partial charge is 0.303 e. The number of carbonyl (C=O) groups excluding carboxylic acids is 2. The van der Waals surface area contributed by atoms with Crippen molar-refractivity contribution in [1.29, 1.82) is 0 Å².